The van der Waals surface area contributed by atoms with Gasteiger partial charge in [-0.2, -0.15) is 0 Å². The Bertz CT molecular complexity index is 2920. The summed E-state index contributed by atoms with van der Waals surface area (Å²) in [5.74, 6) is 0. The molecule has 0 saturated carbocycles. The molecule has 10 aromatic rings. The van der Waals surface area contributed by atoms with E-state index < -0.39 is 0 Å². The average Bonchev–Trinajstić information content (AvgIpc) is 3.64. The highest BCUT2D eigenvalue weighted by Gasteiger charge is 2.17. The SMILES string of the molecule is c1ccc(-c2ccc(-c3ccc(N(c4cccc(-c5cccc(-c6cccc7c6oc6ccccc67)c5)c4)c4cccc5ccccc45)cc3)cc2)cc1. The number of fused-ring (bicyclic) bond motifs is 4. The van der Waals surface area contributed by atoms with Crippen LogP contribution in [0.25, 0.3) is 77.2 Å². The Kier molecular flexibility index (Phi) is 7.85. The average molecular weight is 690 g/mol. The molecule has 254 valence electrons. The van der Waals surface area contributed by atoms with Gasteiger partial charge in [-0.25, -0.2) is 0 Å². The number of rotatable bonds is 7. The summed E-state index contributed by atoms with van der Waals surface area (Å²) in [5, 5.41) is 4.68. The molecule has 0 N–H and O–H groups in total. The van der Waals surface area contributed by atoms with Gasteiger partial charge in [0.1, 0.15) is 11.2 Å². The molecule has 0 radical (unpaired) electrons. The zero-order chi connectivity index (χ0) is 35.8. The molecule has 0 atom stereocenters. The number of para-hydroxylation sites is 2. The van der Waals surface area contributed by atoms with E-state index in [2.05, 4.69) is 205 Å². The van der Waals surface area contributed by atoms with Crippen LogP contribution < -0.4 is 4.90 Å². The molecular weight excluding hydrogens is 655 g/mol. The van der Waals surface area contributed by atoms with E-state index >= 15 is 0 Å². The van der Waals surface area contributed by atoms with Gasteiger partial charge in [0.05, 0.1) is 5.69 Å². The molecule has 0 aliphatic heterocycles. The third kappa shape index (κ3) is 5.71. The summed E-state index contributed by atoms with van der Waals surface area (Å²) < 4.78 is 6.42. The first-order valence-corrected chi connectivity index (χ1v) is 18.4. The zero-order valence-electron chi connectivity index (χ0n) is 29.6. The maximum Gasteiger partial charge on any atom is 0.143 e. The molecular formula is C52H35NO. The second-order valence-electron chi connectivity index (χ2n) is 13.7. The molecule has 54 heavy (non-hydrogen) atoms. The summed E-state index contributed by atoms with van der Waals surface area (Å²) >= 11 is 0. The van der Waals surface area contributed by atoms with E-state index in [4.69, 9.17) is 4.42 Å². The number of hydrogen-bond donors (Lipinski definition) is 0. The largest absolute Gasteiger partial charge is 0.455 e. The van der Waals surface area contributed by atoms with Gasteiger partial charge in [-0.15, -0.1) is 0 Å². The Hall–Kier alpha value is -7.16. The third-order valence-electron chi connectivity index (χ3n) is 10.5. The highest BCUT2D eigenvalue weighted by molar-refractivity contribution is 6.09. The Morgan fingerprint density at radius 1 is 0.315 bits per heavy atom. The van der Waals surface area contributed by atoms with Gasteiger partial charge in [-0.05, 0) is 86.8 Å². The van der Waals surface area contributed by atoms with Crippen molar-refractivity contribution in [2.24, 2.45) is 0 Å². The van der Waals surface area contributed by atoms with Crippen molar-refractivity contribution in [3.05, 3.63) is 212 Å². The predicted octanol–water partition coefficient (Wildman–Crippen LogP) is 14.9. The summed E-state index contributed by atoms with van der Waals surface area (Å²) in [4.78, 5) is 2.38. The number of furan rings is 1. The van der Waals surface area contributed by atoms with Crippen LogP contribution in [0.1, 0.15) is 0 Å². The number of benzene rings is 9. The third-order valence-corrected chi connectivity index (χ3v) is 10.5. The van der Waals surface area contributed by atoms with Gasteiger partial charge in [-0.1, -0.05) is 170 Å². The van der Waals surface area contributed by atoms with Crippen molar-refractivity contribution in [3.8, 4) is 44.5 Å². The van der Waals surface area contributed by atoms with Gasteiger partial charge in [-0.3, -0.25) is 0 Å². The summed E-state index contributed by atoms with van der Waals surface area (Å²) in [6, 6.07) is 75.9. The van der Waals surface area contributed by atoms with Crippen LogP contribution in [0.15, 0.2) is 217 Å². The molecule has 0 aliphatic carbocycles. The minimum Gasteiger partial charge on any atom is -0.455 e. The zero-order valence-corrected chi connectivity index (χ0v) is 29.6. The molecule has 0 aliphatic rings. The van der Waals surface area contributed by atoms with Gasteiger partial charge in [0.15, 0.2) is 0 Å². The van der Waals surface area contributed by atoms with Crippen molar-refractivity contribution < 1.29 is 4.42 Å². The van der Waals surface area contributed by atoms with Crippen LogP contribution in [0.5, 0.6) is 0 Å². The van der Waals surface area contributed by atoms with Gasteiger partial charge in [0.25, 0.3) is 0 Å². The first kappa shape index (κ1) is 31.6. The molecule has 2 heteroatoms. The topological polar surface area (TPSA) is 16.4 Å². The van der Waals surface area contributed by atoms with E-state index in [1.54, 1.807) is 0 Å². The Balaban J connectivity index is 1.04. The predicted molar refractivity (Wildman–Crippen MR) is 228 cm³/mol. The molecule has 1 aromatic heterocycles. The van der Waals surface area contributed by atoms with E-state index in [-0.39, 0.29) is 0 Å². The minimum absolute atomic E-state index is 0.909. The van der Waals surface area contributed by atoms with Gasteiger partial charge in [0, 0.05) is 33.1 Å². The van der Waals surface area contributed by atoms with Crippen LogP contribution in [-0.2, 0) is 0 Å². The van der Waals surface area contributed by atoms with Crippen molar-refractivity contribution in [2.75, 3.05) is 4.90 Å². The Morgan fingerprint density at radius 3 is 1.65 bits per heavy atom. The fourth-order valence-electron chi connectivity index (χ4n) is 7.78. The molecule has 2 nitrogen and oxygen atoms in total. The second kappa shape index (κ2) is 13.4. The molecule has 0 spiro atoms. The van der Waals surface area contributed by atoms with Crippen molar-refractivity contribution in [1.29, 1.82) is 0 Å². The molecule has 1 heterocycles. The van der Waals surface area contributed by atoms with Gasteiger partial charge < -0.3 is 9.32 Å². The molecule has 9 aromatic carbocycles. The normalized spacial score (nSPS) is 11.3. The maximum atomic E-state index is 6.42. The first-order valence-electron chi connectivity index (χ1n) is 18.4. The van der Waals surface area contributed by atoms with Gasteiger partial charge in [0.2, 0.25) is 0 Å². The Morgan fingerprint density at radius 2 is 0.852 bits per heavy atom. The fourth-order valence-corrected chi connectivity index (χ4v) is 7.78. The van der Waals surface area contributed by atoms with E-state index in [1.807, 2.05) is 12.1 Å². The van der Waals surface area contributed by atoms with Crippen molar-refractivity contribution >= 4 is 49.8 Å². The molecule has 0 bridgehead atoms. The van der Waals surface area contributed by atoms with Crippen LogP contribution in [-0.4, -0.2) is 0 Å². The van der Waals surface area contributed by atoms with Crippen LogP contribution in [0.3, 0.4) is 0 Å². The molecule has 10 rings (SSSR count). The van der Waals surface area contributed by atoms with E-state index in [0.29, 0.717) is 0 Å². The van der Waals surface area contributed by atoms with Crippen molar-refractivity contribution in [1.82, 2.24) is 0 Å². The number of hydrogen-bond acceptors (Lipinski definition) is 2. The standard InChI is InChI=1S/C52H35NO/c1-2-12-36(13-3-1)37-26-28-38(29-27-37)39-30-32-44(33-31-39)53(50-24-10-15-40-14-4-5-20-46(40)50)45-19-9-17-42(35-45)41-16-8-18-43(34-41)47-22-11-23-49-48-21-6-7-25-51(48)54-52(47)49/h1-35H. The van der Waals surface area contributed by atoms with Crippen LogP contribution in [0.4, 0.5) is 17.1 Å². The highest BCUT2D eigenvalue weighted by Crippen LogP contribution is 2.42. The van der Waals surface area contributed by atoms with E-state index in [9.17, 15) is 0 Å². The second-order valence-corrected chi connectivity index (χ2v) is 13.7. The molecule has 0 fully saturated rings. The minimum atomic E-state index is 0.909. The highest BCUT2D eigenvalue weighted by atomic mass is 16.3. The summed E-state index contributed by atoms with van der Waals surface area (Å²) in [6.45, 7) is 0. The first-order chi connectivity index (χ1) is 26.8. The summed E-state index contributed by atoms with van der Waals surface area (Å²) in [7, 11) is 0. The van der Waals surface area contributed by atoms with Gasteiger partial charge >= 0.3 is 0 Å². The lowest BCUT2D eigenvalue weighted by molar-refractivity contribution is 0.670. The monoisotopic (exact) mass is 689 g/mol. The lowest BCUT2D eigenvalue weighted by Gasteiger charge is -2.27. The van der Waals surface area contributed by atoms with Crippen molar-refractivity contribution in [3.63, 3.8) is 0 Å². The summed E-state index contributed by atoms with van der Waals surface area (Å²) in [5.41, 5.74) is 14.5. The smallest absolute Gasteiger partial charge is 0.143 e. The lowest BCUT2D eigenvalue weighted by atomic mass is 9.97. The van der Waals surface area contributed by atoms with E-state index in [0.717, 1.165) is 61.3 Å². The Labute approximate surface area is 314 Å². The van der Waals surface area contributed by atoms with Crippen LogP contribution in [0, 0.1) is 0 Å². The summed E-state index contributed by atoms with van der Waals surface area (Å²) in [6.07, 6.45) is 0. The molecule has 0 unspecified atom stereocenters. The van der Waals surface area contributed by atoms with Crippen LogP contribution >= 0.6 is 0 Å². The number of anilines is 3. The quantitative estimate of drug-likeness (QED) is 0.166. The lowest BCUT2D eigenvalue weighted by Crippen LogP contribution is -2.10. The fraction of sp³-hybridized carbons (Fsp3) is 0. The molecule has 0 saturated heterocycles. The number of nitrogens with zero attached hydrogens (tertiary/aromatic N) is 1. The van der Waals surface area contributed by atoms with Crippen molar-refractivity contribution in [2.45, 2.75) is 0 Å². The van der Waals surface area contributed by atoms with E-state index in [1.165, 1.54) is 33.0 Å². The maximum absolute atomic E-state index is 6.42. The van der Waals surface area contributed by atoms with Crippen LogP contribution in [0.2, 0.25) is 0 Å². The molecule has 0 amide bonds.